The normalized spacial score (nSPS) is 24.6. The van der Waals surface area contributed by atoms with Crippen molar-refractivity contribution in [2.75, 3.05) is 55.6 Å². The highest BCUT2D eigenvalue weighted by molar-refractivity contribution is 5.95. The van der Waals surface area contributed by atoms with Gasteiger partial charge in [0.15, 0.2) is 0 Å². The van der Waals surface area contributed by atoms with Gasteiger partial charge in [0, 0.05) is 81.9 Å². The number of pyridine rings is 2. The Balaban J connectivity index is 1.10. The van der Waals surface area contributed by atoms with Gasteiger partial charge in [-0.15, -0.1) is 0 Å². The number of ether oxygens (including phenoxy) is 1. The van der Waals surface area contributed by atoms with Crippen LogP contribution >= 0.6 is 0 Å². The topological polar surface area (TPSA) is 80.6 Å². The number of nitriles is 1. The van der Waals surface area contributed by atoms with Crippen LogP contribution in [0.1, 0.15) is 30.5 Å². The second-order valence-corrected chi connectivity index (χ2v) is 10.7. The first kappa shape index (κ1) is 24.1. The van der Waals surface area contributed by atoms with Gasteiger partial charge in [-0.1, -0.05) is 0 Å². The smallest absolute Gasteiger partial charge is 0.128 e. The molecule has 6 rings (SSSR count). The number of piperazine rings is 1. The first-order valence-corrected chi connectivity index (χ1v) is 13.4. The van der Waals surface area contributed by atoms with Crippen molar-refractivity contribution in [2.24, 2.45) is 0 Å². The lowest BCUT2D eigenvalue weighted by molar-refractivity contribution is -0.0327. The van der Waals surface area contributed by atoms with E-state index in [-0.39, 0.29) is 12.2 Å². The van der Waals surface area contributed by atoms with Crippen LogP contribution in [0.5, 0.6) is 0 Å². The lowest BCUT2D eigenvalue weighted by Crippen LogP contribution is -2.54. The number of benzene rings is 1. The molecule has 2 aromatic heterocycles. The Bertz CT molecular complexity index is 1310. The van der Waals surface area contributed by atoms with E-state index in [1.165, 1.54) is 11.1 Å². The second kappa shape index (κ2) is 10.3. The van der Waals surface area contributed by atoms with Crippen molar-refractivity contribution in [3.63, 3.8) is 0 Å². The van der Waals surface area contributed by atoms with Crippen LogP contribution in [0.4, 0.5) is 11.5 Å². The van der Waals surface area contributed by atoms with Crippen molar-refractivity contribution in [1.82, 2.24) is 20.2 Å². The highest BCUT2D eigenvalue weighted by atomic mass is 16.5. The summed E-state index contributed by atoms with van der Waals surface area (Å²) < 4.78 is 6.40. The van der Waals surface area contributed by atoms with Crippen LogP contribution in [0.3, 0.4) is 0 Å². The Morgan fingerprint density at radius 3 is 2.76 bits per heavy atom. The third kappa shape index (κ3) is 4.99. The van der Waals surface area contributed by atoms with Gasteiger partial charge in [-0.2, -0.15) is 5.26 Å². The third-order valence-electron chi connectivity index (χ3n) is 7.93. The molecule has 1 aromatic carbocycles. The van der Waals surface area contributed by atoms with E-state index in [1.54, 1.807) is 6.20 Å². The SMILES string of the molecule is C[C@@H]1Cc2cnc(N3CCN(C[C@H]4CN(c5ccc(C#N)c6ncccc56)C[C@@H](C)O4)CC3)cc2CN1. The molecule has 37 heavy (non-hydrogen) atoms. The van der Waals surface area contributed by atoms with Gasteiger partial charge >= 0.3 is 0 Å². The first-order chi connectivity index (χ1) is 18.1. The molecular weight excluding hydrogens is 462 g/mol. The van der Waals surface area contributed by atoms with Gasteiger partial charge in [-0.3, -0.25) is 9.88 Å². The van der Waals surface area contributed by atoms with Crippen molar-refractivity contribution in [1.29, 1.82) is 5.26 Å². The molecule has 1 N–H and O–H groups in total. The number of hydrogen-bond donors (Lipinski definition) is 1. The molecule has 3 aliphatic heterocycles. The average Bonchev–Trinajstić information content (AvgIpc) is 2.92. The zero-order chi connectivity index (χ0) is 25.4. The van der Waals surface area contributed by atoms with Gasteiger partial charge in [-0.05, 0) is 61.7 Å². The fourth-order valence-electron chi connectivity index (χ4n) is 6.03. The molecule has 0 saturated carbocycles. The number of fused-ring (bicyclic) bond motifs is 2. The van der Waals surface area contributed by atoms with Gasteiger partial charge in [-0.25, -0.2) is 4.98 Å². The fraction of sp³-hybridized carbons (Fsp3) is 0.483. The van der Waals surface area contributed by atoms with Crippen LogP contribution in [0.2, 0.25) is 0 Å². The van der Waals surface area contributed by atoms with Gasteiger partial charge in [0.05, 0.1) is 23.3 Å². The minimum Gasteiger partial charge on any atom is -0.370 e. The van der Waals surface area contributed by atoms with Crippen LogP contribution in [-0.2, 0) is 17.7 Å². The Labute approximate surface area is 218 Å². The summed E-state index contributed by atoms with van der Waals surface area (Å²) in [7, 11) is 0. The molecule has 2 fully saturated rings. The molecule has 3 aliphatic rings. The average molecular weight is 498 g/mol. The summed E-state index contributed by atoms with van der Waals surface area (Å²) in [6, 6.07) is 13.1. The molecule has 0 radical (unpaired) electrons. The van der Waals surface area contributed by atoms with Crippen LogP contribution in [0.25, 0.3) is 10.9 Å². The van der Waals surface area contributed by atoms with E-state index < -0.39 is 0 Å². The third-order valence-corrected chi connectivity index (χ3v) is 7.93. The molecule has 3 atom stereocenters. The fourth-order valence-corrected chi connectivity index (χ4v) is 6.03. The molecule has 0 aliphatic carbocycles. The Hall–Kier alpha value is -3.25. The molecule has 5 heterocycles. The lowest BCUT2D eigenvalue weighted by Gasteiger charge is -2.42. The van der Waals surface area contributed by atoms with Gasteiger partial charge in [0.2, 0.25) is 0 Å². The lowest BCUT2D eigenvalue weighted by atomic mass is 9.98. The molecule has 8 heteroatoms. The number of morpholine rings is 1. The zero-order valence-electron chi connectivity index (χ0n) is 21.7. The maximum absolute atomic E-state index is 9.52. The summed E-state index contributed by atoms with van der Waals surface area (Å²) in [5, 5.41) is 14.1. The molecule has 0 unspecified atom stereocenters. The highest BCUT2D eigenvalue weighted by Crippen LogP contribution is 2.30. The molecule has 3 aromatic rings. The minimum atomic E-state index is 0.132. The summed E-state index contributed by atoms with van der Waals surface area (Å²) in [4.78, 5) is 16.7. The summed E-state index contributed by atoms with van der Waals surface area (Å²) >= 11 is 0. The van der Waals surface area contributed by atoms with Crippen molar-refractivity contribution >= 4 is 22.4 Å². The Morgan fingerprint density at radius 2 is 1.92 bits per heavy atom. The van der Waals surface area contributed by atoms with Crippen molar-refractivity contribution in [3.05, 3.63) is 59.4 Å². The maximum Gasteiger partial charge on any atom is 0.128 e. The van der Waals surface area contributed by atoms with Gasteiger partial charge in [0.25, 0.3) is 0 Å². The van der Waals surface area contributed by atoms with Crippen LogP contribution in [0.15, 0.2) is 42.7 Å². The van der Waals surface area contributed by atoms with Crippen molar-refractivity contribution < 1.29 is 4.74 Å². The molecule has 2 saturated heterocycles. The van der Waals surface area contributed by atoms with Crippen LogP contribution in [-0.4, -0.2) is 78.9 Å². The predicted octanol–water partition coefficient (Wildman–Crippen LogP) is 2.95. The van der Waals surface area contributed by atoms with E-state index in [1.807, 2.05) is 12.1 Å². The minimum absolute atomic E-state index is 0.132. The van der Waals surface area contributed by atoms with E-state index in [2.05, 4.69) is 69.3 Å². The van der Waals surface area contributed by atoms with E-state index >= 15 is 0 Å². The second-order valence-electron chi connectivity index (χ2n) is 10.7. The Kier molecular flexibility index (Phi) is 6.68. The molecule has 0 spiro atoms. The molecule has 192 valence electrons. The number of hydrogen-bond acceptors (Lipinski definition) is 8. The Morgan fingerprint density at radius 1 is 1.05 bits per heavy atom. The standard InChI is InChI=1S/C29H35N7O/c1-20-12-23-16-33-28(13-24(23)15-32-20)35-10-8-34(9-11-35)18-25-19-36(17-21(2)37-25)27-6-5-22(14-30)29-26(27)4-3-7-31-29/h3-7,13,16,20-21,25,32H,8-12,15,17-19H2,1-2H3/t20-,21-,25+/m1/s1. The molecule has 0 bridgehead atoms. The predicted molar refractivity (Wildman–Crippen MR) is 146 cm³/mol. The molecule has 8 nitrogen and oxygen atoms in total. The van der Waals surface area contributed by atoms with Gasteiger partial charge in [0.1, 0.15) is 11.9 Å². The first-order valence-electron chi connectivity index (χ1n) is 13.4. The van der Waals surface area contributed by atoms with E-state index in [0.717, 1.165) is 81.2 Å². The quantitative estimate of drug-likeness (QED) is 0.589. The largest absolute Gasteiger partial charge is 0.370 e. The van der Waals surface area contributed by atoms with E-state index in [4.69, 9.17) is 9.72 Å². The molecule has 0 amide bonds. The summed E-state index contributed by atoms with van der Waals surface area (Å²) in [5.74, 6) is 1.10. The van der Waals surface area contributed by atoms with Gasteiger partial charge < -0.3 is 19.9 Å². The monoisotopic (exact) mass is 497 g/mol. The van der Waals surface area contributed by atoms with E-state index in [0.29, 0.717) is 11.6 Å². The zero-order valence-corrected chi connectivity index (χ0v) is 21.7. The molecular formula is C29H35N7O. The highest BCUT2D eigenvalue weighted by Gasteiger charge is 2.30. The summed E-state index contributed by atoms with van der Waals surface area (Å²) in [5.41, 5.74) is 5.30. The van der Waals surface area contributed by atoms with Crippen molar-refractivity contribution in [2.45, 2.75) is 45.1 Å². The number of aromatic nitrogens is 2. The number of nitrogens with one attached hydrogen (secondary N) is 1. The van der Waals surface area contributed by atoms with Crippen molar-refractivity contribution in [3.8, 4) is 6.07 Å². The number of nitrogens with zero attached hydrogens (tertiary/aromatic N) is 6. The van der Waals surface area contributed by atoms with Crippen LogP contribution < -0.4 is 15.1 Å². The summed E-state index contributed by atoms with van der Waals surface area (Å²) in [6.07, 6.45) is 5.17. The summed E-state index contributed by atoms with van der Waals surface area (Å²) in [6.45, 7) is 11.9. The number of anilines is 2. The maximum atomic E-state index is 9.52. The number of rotatable bonds is 4. The van der Waals surface area contributed by atoms with E-state index in [9.17, 15) is 5.26 Å². The van der Waals surface area contributed by atoms with Crippen LogP contribution in [0, 0.1) is 11.3 Å².